The van der Waals surface area contributed by atoms with Gasteiger partial charge in [0, 0.05) is 24.4 Å². The zero-order valence-electron chi connectivity index (χ0n) is 12.1. The molecule has 1 aromatic rings. The molecule has 1 aliphatic carbocycles. The molecule has 2 atom stereocenters. The number of hydrogen-bond acceptors (Lipinski definition) is 3. The van der Waals surface area contributed by atoms with Crippen LogP contribution in [0.2, 0.25) is 0 Å². The molecule has 2 unspecified atom stereocenters. The standard InChI is InChI=1S/C15H26N2S/c1-11-9-15(3,4)7-5-14(11)16-8-6-13-10-18-12(2)17-13/h10-11,14,16H,5-9H2,1-4H3. The van der Waals surface area contributed by atoms with E-state index in [2.05, 4.69) is 43.4 Å². The minimum absolute atomic E-state index is 0.545. The Labute approximate surface area is 115 Å². The van der Waals surface area contributed by atoms with Crippen LogP contribution in [0.5, 0.6) is 0 Å². The van der Waals surface area contributed by atoms with Crippen molar-refractivity contribution in [3.63, 3.8) is 0 Å². The molecule has 1 aromatic heterocycles. The molecule has 0 aromatic carbocycles. The lowest BCUT2D eigenvalue weighted by Gasteiger charge is -2.39. The topological polar surface area (TPSA) is 24.9 Å². The van der Waals surface area contributed by atoms with Gasteiger partial charge >= 0.3 is 0 Å². The molecule has 0 radical (unpaired) electrons. The normalized spacial score (nSPS) is 27.3. The van der Waals surface area contributed by atoms with Crippen LogP contribution in [0.3, 0.4) is 0 Å². The summed E-state index contributed by atoms with van der Waals surface area (Å²) in [5.74, 6) is 0.797. The molecule has 102 valence electrons. The van der Waals surface area contributed by atoms with Crippen molar-refractivity contribution < 1.29 is 0 Å². The first kappa shape index (κ1) is 14.0. The van der Waals surface area contributed by atoms with Crippen molar-refractivity contribution in [3.05, 3.63) is 16.1 Å². The number of aryl methyl sites for hydroxylation is 1. The van der Waals surface area contributed by atoms with Gasteiger partial charge in [0.25, 0.3) is 0 Å². The molecule has 2 nitrogen and oxygen atoms in total. The summed E-state index contributed by atoms with van der Waals surface area (Å²) in [4.78, 5) is 4.51. The SMILES string of the molecule is Cc1nc(CCNC2CCC(C)(C)CC2C)cs1. The highest BCUT2D eigenvalue weighted by atomic mass is 32.1. The van der Waals surface area contributed by atoms with Crippen molar-refractivity contribution in [3.8, 4) is 0 Å². The van der Waals surface area contributed by atoms with Gasteiger partial charge in [0.15, 0.2) is 0 Å². The Kier molecular flexibility index (Phi) is 4.44. The van der Waals surface area contributed by atoms with Crippen LogP contribution in [-0.2, 0) is 6.42 Å². The van der Waals surface area contributed by atoms with E-state index in [1.165, 1.54) is 30.0 Å². The summed E-state index contributed by atoms with van der Waals surface area (Å²) in [6, 6.07) is 0.706. The fraction of sp³-hybridized carbons (Fsp3) is 0.800. The highest BCUT2D eigenvalue weighted by molar-refractivity contribution is 7.09. The van der Waals surface area contributed by atoms with E-state index in [1.807, 2.05) is 0 Å². The third-order valence-electron chi connectivity index (χ3n) is 4.15. The Bertz CT molecular complexity index is 384. The van der Waals surface area contributed by atoms with Crippen LogP contribution in [0.1, 0.15) is 50.7 Å². The second kappa shape index (κ2) is 5.70. The molecule has 0 spiro atoms. The number of thiazole rings is 1. The molecule has 18 heavy (non-hydrogen) atoms. The van der Waals surface area contributed by atoms with Crippen molar-refractivity contribution in [1.82, 2.24) is 10.3 Å². The average molecular weight is 266 g/mol. The van der Waals surface area contributed by atoms with Crippen molar-refractivity contribution in [1.29, 1.82) is 0 Å². The minimum atomic E-state index is 0.545. The van der Waals surface area contributed by atoms with E-state index in [0.29, 0.717) is 11.5 Å². The predicted octanol–water partition coefficient (Wildman–Crippen LogP) is 3.80. The molecule has 3 heteroatoms. The number of aromatic nitrogens is 1. The second-order valence-corrected chi connectivity index (χ2v) is 7.62. The third kappa shape index (κ3) is 3.79. The minimum Gasteiger partial charge on any atom is -0.313 e. The van der Waals surface area contributed by atoms with Crippen molar-refractivity contribution >= 4 is 11.3 Å². The summed E-state index contributed by atoms with van der Waals surface area (Å²) in [7, 11) is 0. The van der Waals surface area contributed by atoms with Gasteiger partial charge in [0.2, 0.25) is 0 Å². The fourth-order valence-electron chi connectivity index (χ4n) is 3.16. The quantitative estimate of drug-likeness (QED) is 0.896. The molecule has 1 N–H and O–H groups in total. The summed E-state index contributed by atoms with van der Waals surface area (Å²) in [6.45, 7) is 10.3. The summed E-state index contributed by atoms with van der Waals surface area (Å²) >= 11 is 1.75. The predicted molar refractivity (Wildman–Crippen MR) is 79.1 cm³/mol. The molecule has 1 aliphatic rings. The Balaban J connectivity index is 1.74. The molecule has 0 saturated heterocycles. The molecule has 0 aliphatic heterocycles. The molecule has 1 heterocycles. The number of rotatable bonds is 4. The zero-order chi connectivity index (χ0) is 13.2. The lowest BCUT2D eigenvalue weighted by Crippen LogP contribution is -2.42. The molecule has 0 bridgehead atoms. The van der Waals surface area contributed by atoms with E-state index in [-0.39, 0.29) is 0 Å². The van der Waals surface area contributed by atoms with Gasteiger partial charge in [-0.1, -0.05) is 20.8 Å². The third-order valence-corrected chi connectivity index (χ3v) is 4.97. The van der Waals surface area contributed by atoms with Crippen molar-refractivity contribution in [2.45, 2.75) is 59.4 Å². The molecule has 1 saturated carbocycles. The van der Waals surface area contributed by atoms with Crippen LogP contribution in [0.15, 0.2) is 5.38 Å². The first-order valence-electron chi connectivity index (χ1n) is 7.11. The molecule has 2 rings (SSSR count). The highest BCUT2D eigenvalue weighted by Gasteiger charge is 2.31. The van der Waals surface area contributed by atoms with E-state index >= 15 is 0 Å². The summed E-state index contributed by atoms with van der Waals surface area (Å²) in [5.41, 5.74) is 1.79. The largest absolute Gasteiger partial charge is 0.313 e. The molecule has 0 amide bonds. The van der Waals surface area contributed by atoms with E-state index < -0.39 is 0 Å². The van der Waals surface area contributed by atoms with Crippen LogP contribution < -0.4 is 5.32 Å². The summed E-state index contributed by atoms with van der Waals surface area (Å²) < 4.78 is 0. The number of nitrogens with zero attached hydrogens (tertiary/aromatic N) is 1. The molecule has 1 fully saturated rings. The lowest BCUT2D eigenvalue weighted by molar-refractivity contribution is 0.149. The summed E-state index contributed by atoms with van der Waals surface area (Å²) in [6.07, 6.45) is 5.09. The van der Waals surface area contributed by atoms with Gasteiger partial charge < -0.3 is 5.32 Å². The maximum absolute atomic E-state index is 4.51. The van der Waals surface area contributed by atoms with Crippen LogP contribution in [-0.4, -0.2) is 17.6 Å². The Morgan fingerprint density at radius 2 is 2.28 bits per heavy atom. The maximum atomic E-state index is 4.51. The van der Waals surface area contributed by atoms with E-state index in [0.717, 1.165) is 18.9 Å². The van der Waals surface area contributed by atoms with Crippen LogP contribution in [0.25, 0.3) is 0 Å². The van der Waals surface area contributed by atoms with Gasteiger partial charge in [-0.05, 0) is 37.5 Å². The van der Waals surface area contributed by atoms with Gasteiger partial charge in [0.1, 0.15) is 0 Å². The van der Waals surface area contributed by atoms with Gasteiger partial charge in [-0.3, -0.25) is 0 Å². The maximum Gasteiger partial charge on any atom is 0.0897 e. The number of nitrogens with one attached hydrogen (secondary N) is 1. The second-order valence-electron chi connectivity index (χ2n) is 6.55. The van der Waals surface area contributed by atoms with Crippen LogP contribution >= 0.6 is 11.3 Å². The Morgan fingerprint density at radius 1 is 1.50 bits per heavy atom. The Morgan fingerprint density at radius 3 is 2.89 bits per heavy atom. The first-order chi connectivity index (χ1) is 8.46. The van der Waals surface area contributed by atoms with E-state index in [4.69, 9.17) is 0 Å². The van der Waals surface area contributed by atoms with Crippen molar-refractivity contribution in [2.24, 2.45) is 11.3 Å². The molecular weight excluding hydrogens is 240 g/mol. The lowest BCUT2D eigenvalue weighted by atomic mass is 9.70. The van der Waals surface area contributed by atoms with Crippen LogP contribution in [0.4, 0.5) is 0 Å². The van der Waals surface area contributed by atoms with Crippen molar-refractivity contribution in [2.75, 3.05) is 6.54 Å². The van der Waals surface area contributed by atoms with E-state index in [1.54, 1.807) is 11.3 Å². The van der Waals surface area contributed by atoms with E-state index in [9.17, 15) is 0 Å². The molecular formula is C15H26N2S. The summed E-state index contributed by atoms with van der Waals surface area (Å²) in [5, 5.41) is 7.09. The highest BCUT2D eigenvalue weighted by Crippen LogP contribution is 2.38. The fourth-order valence-corrected chi connectivity index (χ4v) is 3.81. The van der Waals surface area contributed by atoms with Gasteiger partial charge in [-0.2, -0.15) is 0 Å². The van der Waals surface area contributed by atoms with Gasteiger partial charge in [-0.25, -0.2) is 4.98 Å². The Hall–Kier alpha value is -0.410. The van der Waals surface area contributed by atoms with Gasteiger partial charge in [-0.15, -0.1) is 11.3 Å². The monoisotopic (exact) mass is 266 g/mol. The first-order valence-corrected chi connectivity index (χ1v) is 7.99. The van der Waals surface area contributed by atoms with Gasteiger partial charge in [0.05, 0.1) is 10.7 Å². The zero-order valence-corrected chi connectivity index (χ0v) is 12.9. The number of hydrogen-bond donors (Lipinski definition) is 1. The smallest absolute Gasteiger partial charge is 0.0897 e. The van der Waals surface area contributed by atoms with Crippen LogP contribution in [0, 0.1) is 18.3 Å². The average Bonchev–Trinajstić information content (AvgIpc) is 2.67.